The Kier molecular flexibility index (Phi) is 4.42. The summed E-state index contributed by atoms with van der Waals surface area (Å²) in [4.78, 5) is 32.8. The Morgan fingerprint density at radius 1 is 0.971 bits per heavy atom. The van der Waals surface area contributed by atoms with E-state index in [9.17, 15) is 4.79 Å². The van der Waals surface area contributed by atoms with Crippen LogP contribution in [0, 0.1) is 0 Å². The van der Waals surface area contributed by atoms with Crippen LogP contribution in [-0.4, -0.2) is 26.5 Å². The van der Waals surface area contributed by atoms with E-state index in [4.69, 9.17) is 14.7 Å². The fourth-order valence-corrected chi connectivity index (χ4v) is 5.16. The molecule has 7 heteroatoms. The van der Waals surface area contributed by atoms with E-state index in [1.165, 1.54) is 5.56 Å². The van der Waals surface area contributed by atoms with E-state index < -0.39 is 0 Å². The third-order valence-corrected chi connectivity index (χ3v) is 6.87. The molecular weight excluding hydrogens is 438 g/mol. The maximum atomic E-state index is 13.5. The van der Waals surface area contributed by atoms with Crippen molar-refractivity contribution >= 4 is 16.9 Å². The van der Waals surface area contributed by atoms with Gasteiger partial charge in [0.05, 0.1) is 24.9 Å². The molecule has 0 radical (unpaired) electrons. The number of nitrogens with one attached hydrogen (secondary N) is 1. The van der Waals surface area contributed by atoms with Gasteiger partial charge in [0.1, 0.15) is 5.75 Å². The summed E-state index contributed by atoms with van der Waals surface area (Å²) in [6, 6.07) is 17.6. The van der Waals surface area contributed by atoms with Gasteiger partial charge in [0.15, 0.2) is 5.43 Å². The summed E-state index contributed by atoms with van der Waals surface area (Å²) in [5.41, 5.74) is 6.66. The zero-order chi connectivity index (χ0) is 23.4. The molecular formula is C28H21N5O2. The van der Waals surface area contributed by atoms with Gasteiger partial charge in [0.25, 0.3) is 0 Å². The smallest absolute Gasteiger partial charge is 0.226 e. The lowest BCUT2D eigenvalue weighted by Gasteiger charge is -2.26. The quantitative estimate of drug-likeness (QED) is 0.430. The van der Waals surface area contributed by atoms with E-state index in [1.807, 2.05) is 54.9 Å². The molecule has 0 saturated heterocycles. The number of anilines is 1. The number of para-hydroxylation sites is 1. The van der Waals surface area contributed by atoms with E-state index in [2.05, 4.69) is 27.0 Å². The molecule has 170 valence electrons. The number of nitrogens with zero attached hydrogens (tertiary/aromatic N) is 4. The summed E-state index contributed by atoms with van der Waals surface area (Å²) >= 11 is 0. The summed E-state index contributed by atoms with van der Waals surface area (Å²) in [6.07, 6.45) is 8.05. The predicted molar refractivity (Wildman–Crippen MR) is 133 cm³/mol. The van der Waals surface area contributed by atoms with Crippen LogP contribution in [0.1, 0.15) is 28.4 Å². The number of fused-ring (bicyclic) bond motifs is 3. The molecule has 2 aromatic carbocycles. The second kappa shape index (κ2) is 7.77. The van der Waals surface area contributed by atoms with Gasteiger partial charge < -0.3 is 14.6 Å². The third-order valence-electron chi connectivity index (χ3n) is 6.87. The topological polar surface area (TPSA) is 84.0 Å². The molecule has 35 heavy (non-hydrogen) atoms. The molecule has 7 nitrogen and oxygen atoms in total. The molecule has 0 amide bonds. The number of benzene rings is 2. The zero-order valence-corrected chi connectivity index (χ0v) is 18.8. The molecule has 0 aliphatic carbocycles. The standard InChI is InChI=1S/C28H21N5O2/c34-27-21-5-1-2-6-23(21)32-25-22(27)16-33(26(25)18-7-8-24-17(12-18)9-11-35-24)28-30-14-20(15-31-28)19-4-3-10-29-13-19/h1-8,10,12-15,26H,9,11,16H2,(H,32,34). The first-order valence-corrected chi connectivity index (χ1v) is 11.6. The molecule has 3 aromatic heterocycles. The van der Waals surface area contributed by atoms with Crippen LogP contribution in [0.25, 0.3) is 22.0 Å². The Morgan fingerprint density at radius 2 is 1.86 bits per heavy atom. The van der Waals surface area contributed by atoms with Crippen molar-refractivity contribution in [2.24, 2.45) is 0 Å². The molecule has 0 fully saturated rings. The van der Waals surface area contributed by atoms with Crippen LogP contribution < -0.4 is 15.1 Å². The second-order valence-corrected chi connectivity index (χ2v) is 8.90. The zero-order valence-electron chi connectivity index (χ0n) is 18.8. The maximum absolute atomic E-state index is 13.5. The second-order valence-electron chi connectivity index (χ2n) is 8.90. The highest BCUT2D eigenvalue weighted by Crippen LogP contribution is 2.41. The molecule has 1 atom stereocenters. The predicted octanol–water partition coefficient (Wildman–Crippen LogP) is 4.42. The summed E-state index contributed by atoms with van der Waals surface area (Å²) in [6.45, 7) is 1.13. The van der Waals surface area contributed by atoms with Gasteiger partial charge >= 0.3 is 0 Å². The molecule has 1 N–H and O–H groups in total. The number of aromatic amines is 1. The van der Waals surface area contributed by atoms with Gasteiger partial charge in [-0.2, -0.15) is 0 Å². The Morgan fingerprint density at radius 3 is 2.71 bits per heavy atom. The van der Waals surface area contributed by atoms with Crippen molar-refractivity contribution < 1.29 is 4.74 Å². The number of hydrogen-bond donors (Lipinski definition) is 1. The van der Waals surface area contributed by atoms with Crippen molar-refractivity contribution in [1.82, 2.24) is 19.9 Å². The first-order valence-electron chi connectivity index (χ1n) is 11.6. The number of H-pyrrole nitrogens is 1. The van der Waals surface area contributed by atoms with Crippen molar-refractivity contribution in [2.75, 3.05) is 11.5 Å². The van der Waals surface area contributed by atoms with E-state index in [0.717, 1.165) is 45.6 Å². The molecule has 7 rings (SSSR count). The lowest BCUT2D eigenvalue weighted by Crippen LogP contribution is -2.25. The molecule has 2 aliphatic heterocycles. The van der Waals surface area contributed by atoms with Crippen LogP contribution in [0.4, 0.5) is 5.95 Å². The molecule has 5 heterocycles. The fraction of sp³-hybridized carbons (Fsp3) is 0.143. The highest BCUT2D eigenvalue weighted by molar-refractivity contribution is 5.80. The first kappa shape index (κ1) is 19.9. The number of aromatic nitrogens is 4. The first-order chi connectivity index (χ1) is 17.3. The van der Waals surface area contributed by atoms with E-state index >= 15 is 0 Å². The van der Waals surface area contributed by atoms with Crippen LogP contribution in [0.3, 0.4) is 0 Å². The number of ether oxygens (including phenoxy) is 1. The lowest BCUT2D eigenvalue weighted by molar-refractivity contribution is 0.357. The van der Waals surface area contributed by atoms with Crippen LogP contribution in [0.5, 0.6) is 5.75 Å². The Bertz CT molecular complexity index is 1630. The van der Waals surface area contributed by atoms with Gasteiger partial charge in [-0.25, -0.2) is 9.97 Å². The summed E-state index contributed by atoms with van der Waals surface area (Å²) in [5.74, 6) is 1.51. The largest absolute Gasteiger partial charge is 0.493 e. The minimum atomic E-state index is -0.211. The van der Waals surface area contributed by atoms with Crippen molar-refractivity contribution in [3.05, 3.63) is 112 Å². The highest BCUT2D eigenvalue weighted by atomic mass is 16.5. The highest BCUT2D eigenvalue weighted by Gasteiger charge is 2.36. The van der Waals surface area contributed by atoms with Gasteiger partial charge in [-0.3, -0.25) is 9.78 Å². The van der Waals surface area contributed by atoms with Crippen LogP contribution in [0.15, 0.2) is 84.2 Å². The number of hydrogen-bond acceptors (Lipinski definition) is 6. The summed E-state index contributed by atoms with van der Waals surface area (Å²) in [5, 5.41) is 0.696. The third kappa shape index (κ3) is 3.19. The average molecular weight is 460 g/mol. The maximum Gasteiger partial charge on any atom is 0.226 e. The van der Waals surface area contributed by atoms with Gasteiger partial charge in [0, 0.05) is 58.8 Å². The normalized spacial score (nSPS) is 16.2. The minimum absolute atomic E-state index is 0.0540. The van der Waals surface area contributed by atoms with Crippen LogP contribution in [0.2, 0.25) is 0 Å². The van der Waals surface area contributed by atoms with Crippen molar-refractivity contribution in [3.63, 3.8) is 0 Å². The Balaban J connectivity index is 1.37. The monoisotopic (exact) mass is 459 g/mol. The van der Waals surface area contributed by atoms with Gasteiger partial charge in [-0.05, 0) is 41.5 Å². The molecule has 0 spiro atoms. The lowest BCUT2D eigenvalue weighted by atomic mass is 9.98. The molecule has 5 aromatic rings. The van der Waals surface area contributed by atoms with E-state index in [1.54, 1.807) is 12.4 Å². The van der Waals surface area contributed by atoms with E-state index in [-0.39, 0.29) is 11.5 Å². The van der Waals surface area contributed by atoms with Crippen molar-refractivity contribution in [2.45, 2.75) is 19.0 Å². The Labute approximate surface area is 201 Å². The van der Waals surface area contributed by atoms with E-state index in [0.29, 0.717) is 24.5 Å². The molecule has 0 saturated carbocycles. The molecule has 0 bridgehead atoms. The summed E-state index contributed by atoms with van der Waals surface area (Å²) < 4.78 is 5.73. The van der Waals surface area contributed by atoms with Gasteiger partial charge in [0.2, 0.25) is 5.95 Å². The average Bonchev–Trinajstić information content (AvgIpc) is 3.54. The van der Waals surface area contributed by atoms with Crippen molar-refractivity contribution in [1.29, 1.82) is 0 Å². The van der Waals surface area contributed by atoms with Crippen LogP contribution >= 0.6 is 0 Å². The van der Waals surface area contributed by atoms with Gasteiger partial charge in [-0.1, -0.05) is 24.3 Å². The fourth-order valence-electron chi connectivity index (χ4n) is 5.16. The Hall–Kier alpha value is -4.52. The number of rotatable bonds is 3. The van der Waals surface area contributed by atoms with Crippen LogP contribution in [-0.2, 0) is 13.0 Å². The molecule has 2 aliphatic rings. The SMILES string of the molecule is O=c1c2c([nH]c3ccccc13)C(c1ccc3c(c1)CCO3)N(c1ncc(-c3cccnc3)cn1)C2. The minimum Gasteiger partial charge on any atom is -0.493 e. The number of pyridine rings is 2. The van der Waals surface area contributed by atoms with Gasteiger partial charge in [-0.15, -0.1) is 0 Å². The van der Waals surface area contributed by atoms with Crippen molar-refractivity contribution in [3.8, 4) is 16.9 Å². The molecule has 1 unspecified atom stereocenters. The summed E-state index contributed by atoms with van der Waals surface area (Å²) in [7, 11) is 0.